The Morgan fingerprint density at radius 1 is 1.06 bits per heavy atom. The molecule has 1 heterocycles. The third-order valence-electron chi connectivity index (χ3n) is 3.17. The highest BCUT2D eigenvalue weighted by atomic mass is 15.4. The standard InChI is InChI=1S/C15H29N3/c1-6-8-9-10-11-18-14(12-15(3,4)5)13(7-2)16-17-18/h6-12H2,1-5H3. The summed E-state index contributed by atoms with van der Waals surface area (Å²) in [6.45, 7) is 12.3. The van der Waals surface area contributed by atoms with Crippen LogP contribution in [0.4, 0.5) is 0 Å². The van der Waals surface area contributed by atoms with E-state index in [1.165, 1.54) is 37.1 Å². The molecule has 0 unspecified atom stereocenters. The van der Waals surface area contributed by atoms with Crippen molar-refractivity contribution in [2.24, 2.45) is 5.41 Å². The lowest BCUT2D eigenvalue weighted by Crippen LogP contribution is -2.15. The van der Waals surface area contributed by atoms with E-state index in [-0.39, 0.29) is 0 Å². The van der Waals surface area contributed by atoms with Crippen LogP contribution in [0.15, 0.2) is 0 Å². The van der Waals surface area contributed by atoms with E-state index in [2.05, 4.69) is 49.6 Å². The molecule has 0 aromatic carbocycles. The summed E-state index contributed by atoms with van der Waals surface area (Å²) in [6.07, 6.45) is 7.18. The molecule has 0 atom stereocenters. The molecule has 0 aliphatic carbocycles. The molecule has 0 saturated carbocycles. The van der Waals surface area contributed by atoms with E-state index in [1.807, 2.05) is 0 Å². The number of unbranched alkanes of at least 4 members (excludes halogenated alkanes) is 3. The summed E-state index contributed by atoms with van der Waals surface area (Å²) in [7, 11) is 0. The second-order valence-electron chi connectivity index (χ2n) is 6.36. The van der Waals surface area contributed by atoms with Crippen molar-refractivity contribution in [3.63, 3.8) is 0 Å². The summed E-state index contributed by atoms with van der Waals surface area (Å²) in [5, 5.41) is 8.67. The van der Waals surface area contributed by atoms with Crippen LogP contribution >= 0.6 is 0 Å². The average molecular weight is 251 g/mol. The zero-order chi connectivity index (χ0) is 13.6. The van der Waals surface area contributed by atoms with Crippen molar-refractivity contribution in [1.29, 1.82) is 0 Å². The lowest BCUT2D eigenvalue weighted by atomic mass is 9.89. The van der Waals surface area contributed by atoms with Crippen molar-refractivity contribution in [1.82, 2.24) is 15.0 Å². The highest BCUT2D eigenvalue weighted by Crippen LogP contribution is 2.22. The van der Waals surface area contributed by atoms with Crippen LogP contribution in [0, 0.1) is 5.41 Å². The van der Waals surface area contributed by atoms with E-state index < -0.39 is 0 Å². The lowest BCUT2D eigenvalue weighted by molar-refractivity contribution is 0.387. The lowest BCUT2D eigenvalue weighted by Gasteiger charge is -2.19. The molecule has 0 amide bonds. The minimum absolute atomic E-state index is 0.298. The van der Waals surface area contributed by atoms with Crippen LogP contribution in [0.3, 0.4) is 0 Å². The van der Waals surface area contributed by atoms with Gasteiger partial charge in [0.1, 0.15) is 0 Å². The molecular formula is C15H29N3. The molecule has 0 aliphatic heterocycles. The fourth-order valence-corrected chi connectivity index (χ4v) is 2.21. The minimum Gasteiger partial charge on any atom is -0.249 e. The van der Waals surface area contributed by atoms with Crippen molar-refractivity contribution in [3.8, 4) is 0 Å². The average Bonchev–Trinajstić information content (AvgIpc) is 2.65. The maximum Gasteiger partial charge on any atom is 0.0856 e. The van der Waals surface area contributed by atoms with Gasteiger partial charge in [0.05, 0.1) is 11.4 Å². The largest absolute Gasteiger partial charge is 0.249 e. The molecule has 0 fully saturated rings. The third kappa shape index (κ3) is 4.79. The predicted octanol–water partition coefficient (Wildman–Crippen LogP) is 4.01. The van der Waals surface area contributed by atoms with Crippen molar-refractivity contribution in [2.45, 2.75) is 79.7 Å². The predicted molar refractivity (Wildman–Crippen MR) is 76.7 cm³/mol. The fourth-order valence-electron chi connectivity index (χ4n) is 2.21. The quantitative estimate of drug-likeness (QED) is 0.686. The van der Waals surface area contributed by atoms with Crippen molar-refractivity contribution in [3.05, 3.63) is 11.4 Å². The van der Waals surface area contributed by atoms with E-state index in [1.54, 1.807) is 0 Å². The molecule has 0 spiro atoms. The van der Waals surface area contributed by atoms with Crippen LogP contribution in [0.5, 0.6) is 0 Å². The van der Waals surface area contributed by atoms with Gasteiger partial charge < -0.3 is 0 Å². The van der Waals surface area contributed by atoms with Gasteiger partial charge in [-0.05, 0) is 24.7 Å². The maximum absolute atomic E-state index is 4.34. The van der Waals surface area contributed by atoms with Gasteiger partial charge in [-0.25, -0.2) is 4.68 Å². The summed E-state index contributed by atoms with van der Waals surface area (Å²) in [5.74, 6) is 0. The second kappa shape index (κ2) is 6.91. The summed E-state index contributed by atoms with van der Waals surface area (Å²) in [6, 6.07) is 0. The van der Waals surface area contributed by atoms with Gasteiger partial charge in [0.25, 0.3) is 0 Å². The van der Waals surface area contributed by atoms with Gasteiger partial charge in [0.2, 0.25) is 0 Å². The van der Waals surface area contributed by atoms with Crippen LogP contribution < -0.4 is 0 Å². The Bertz CT molecular complexity index is 347. The zero-order valence-electron chi connectivity index (χ0n) is 12.8. The van der Waals surface area contributed by atoms with Gasteiger partial charge in [0, 0.05) is 6.54 Å². The first-order valence-corrected chi connectivity index (χ1v) is 7.39. The highest BCUT2D eigenvalue weighted by molar-refractivity contribution is 5.11. The second-order valence-corrected chi connectivity index (χ2v) is 6.36. The van der Waals surface area contributed by atoms with Crippen molar-refractivity contribution < 1.29 is 0 Å². The molecule has 1 aromatic rings. The number of hydrogen-bond donors (Lipinski definition) is 0. The number of hydrogen-bond acceptors (Lipinski definition) is 2. The first kappa shape index (κ1) is 15.2. The maximum atomic E-state index is 4.34. The van der Waals surface area contributed by atoms with Gasteiger partial charge in [-0.2, -0.15) is 0 Å². The Labute approximate surface area is 112 Å². The van der Waals surface area contributed by atoms with E-state index in [4.69, 9.17) is 0 Å². The van der Waals surface area contributed by atoms with Crippen molar-refractivity contribution >= 4 is 0 Å². The first-order chi connectivity index (χ1) is 8.48. The topological polar surface area (TPSA) is 30.7 Å². The normalized spacial score (nSPS) is 12.1. The molecule has 3 nitrogen and oxygen atoms in total. The van der Waals surface area contributed by atoms with Gasteiger partial charge in [-0.1, -0.05) is 59.1 Å². The Balaban J connectivity index is 2.69. The first-order valence-electron chi connectivity index (χ1n) is 7.39. The molecule has 0 bridgehead atoms. The molecule has 0 N–H and O–H groups in total. The Hall–Kier alpha value is -0.860. The molecule has 104 valence electrons. The van der Waals surface area contributed by atoms with Gasteiger partial charge >= 0.3 is 0 Å². The van der Waals surface area contributed by atoms with E-state index >= 15 is 0 Å². The summed E-state index contributed by atoms with van der Waals surface area (Å²) >= 11 is 0. The van der Waals surface area contributed by atoms with E-state index in [0.717, 1.165) is 19.4 Å². The van der Waals surface area contributed by atoms with Gasteiger partial charge in [0.15, 0.2) is 0 Å². The van der Waals surface area contributed by atoms with Crippen LogP contribution in [0.2, 0.25) is 0 Å². The van der Waals surface area contributed by atoms with Gasteiger partial charge in [-0.3, -0.25) is 0 Å². The van der Waals surface area contributed by atoms with E-state index in [9.17, 15) is 0 Å². The molecule has 0 saturated heterocycles. The Morgan fingerprint density at radius 2 is 1.78 bits per heavy atom. The summed E-state index contributed by atoms with van der Waals surface area (Å²) in [4.78, 5) is 0. The van der Waals surface area contributed by atoms with E-state index in [0.29, 0.717) is 5.41 Å². The molecule has 0 aliphatic rings. The molecular weight excluding hydrogens is 222 g/mol. The van der Waals surface area contributed by atoms with Gasteiger partial charge in [-0.15, -0.1) is 5.10 Å². The number of aryl methyl sites for hydroxylation is 2. The molecule has 0 radical (unpaired) electrons. The summed E-state index contributed by atoms with van der Waals surface area (Å²) in [5.41, 5.74) is 2.83. The highest BCUT2D eigenvalue weighted by Gasteiger charge is 2.18. The molecule has 3 heteroatoms. The summed E-state index contributed by atoms with van der Waals surface area (Å²) < 4.78 is 2.14. The van der Waals surface area contributed by atoms with Crippen LogP contribution in [0.1, 0.15) is 71.7 Å². The number of aromatic nitrogens is 3. The Kier molecular flexibility index (Phi) is 5.83. The molecule has 1 aromatic heterocycles. The minimum atomic E-state index is 0.298. The van der Waals surface area contributed by atoms with Crippen LogP contribution in [-0.2, 0) is 19.4 Å². The monoisotopic (exact) mass is 251 g/mol. The number of nitrogens with zero attached hydrogens (tertiary/aromatic N) is 3. The fraction of sp³-hybridized carbons (Fsp3) is 0.867. The SMILES string of the molecule is CCCCCCn1nnc(CC)c1CC(C)(C)C. The number of rotatable bonds is 7. The third-order valence-corrected chi connectivity index (χ3v) is 3.17. The molecule has 18 heavy (non-hydrogen) atoms. The van der Waals surface area contributed by atoms with Crippen LogP contribution in [0.25, 0.3) is 0 Å². The zero-order valence-corrected chi connectivity index (χ0v) is 12.8. The smallest absolute Gasteiger partial charge is 0.0856 e. The Morgan fingerprint density at radius 3 is 2.33 bits per heavy atom. The van der Waals surface area contributed by atoms with Crippen LogP contribution in [-0.4, -0.2) is 15.0 Å². The van der Waals surface area contributed by atoms with Crippen molar-refractivity contribution in [2.75, 3.05) is 0 Å². The molecule has 1 rings (SSSR count).